The van der Waals surface area contributed by atoms with Gasteiger partial charge in [0.05, 0.1) is 17.0 Å². The van der Waals surface area contributed by atoms with E-state index in [-0.39, 0.29) is 16.4 Å². The number of hydrogen-bond acceptors (Lipinski definition) is 4. The monoisotopic (exact) mass is 395 g/mol. The molecule has 5 nitrogen and oxygen atoms in total. The summed E-state index contributed by atoms with van der Waals surface area (Å²) in [5.41, 5.74) is 0.269. The highest BCUT2D eigenvalue weighted by molar-refractivity contribution is 9.10. The first-order chi connectivity index (χ1) is 9.62. The van der Waals surface area contributed by atoms with E-state index >= 15 is 0 Å². The zero-order valence-electron chi connectivity index (χ0n) is 11.6. The van der Waals surface area contributed by atoms with Crippen molar-refractivity contribution in [1.29, 1.82) is 0 Å². The van der Waals surface area contributed by atoms with Gasteiger partial charge in [-0.25, -0.2) is 8.42 Å². The molecule has 1 heterocycles. The number of amides is 1. The Kier molecular flexibility index (Phi) is 4.68. The SMILES string of the molecule is Cc1c(Br)cc(C(=O)NC2(C)CCOC2)cc1S(=O)(=O)Cl. The van der Waals surface area contributed by atoms with Crippen LogP contribution in [-0.2, 0) is 13.8 Å². The van der Waals surface area contributed by atoms with Crippen LogP contribution in [0.2, 0.25) is 0 Å². The lowest BCUT2D eigenvalue weighted by Gasteiger charge is -2.23. The van der Waals surface area contributed by atoms with Crippen molar-refractivity contribution < 1.29 is 17.9 Å². The van der Waals surface area contributed by atoms with E-state index in [1.165, 1.54) is 6.07 Å². The Labute approximate surface area is 136 Å². The lowest BCUT2D eigenvalue weighted by molar-refractivity contribution is 0.0889. The standard InChI is InChI=1S/C13H15BrClNO4S/c1-8-10(14)5-9(6-11(8)21(15,18)19)12(17)16-13(2)3-4-20-7-13/h5-6H,3-4,7H2,1-2H3,(H,16,17). The van der Waals surface area contributed by atoms with Crippen LogP contribution >= 0.6 is 26.6 Å². The third kappa shape index (κ3) is 3.77. The van der Waals surface area contributed by atoms with E-state index in [0.29, 0.717) is 29.7 Å². The Hall–Kier alpha value is -0.630. The smallest absolute Gasteiger partial charge is 0.261 e. The molecule has 1 saturated heterocycles. The molecule has 1 amide bonds. The van der Waals surface area contributed by atoms with Crippen LogP contribution in [0, 0.1) is 6.92 Å². The average Bonchev–Trinajstić information content (AvgIpc) is 2.77. The summed E-state index contributed by atoms with van der Waals surface area (Å²) >= 11 is 3.26. The third-order valence-corrected chi connectivity index (χ3v) is 5.73. The highest BCUT2D eigenvalue weighted by Crippen LogP contribution is 2.28. The number of ether oxygens (including phenoxy) is 1. The van der Waals surface area contributed by atoms with Crippen molar-refractivity contribution in [3.8, 4) is 0 Å². The first-order valence-corrected chi connectivity index (χ1v) is 9.38. The Balaban J connectivity index is 2.36. The zero-order valence-corrected chi connectivity index (χ0v) is 14.7. The third-order valence-electron chi connectivity index (χ3n) is 3.46. The van der Waals surface area contributed by atoms with Crippen molar-refractivity contribution in [2.24, 2.45) is 0 Å². The molecule has 0 saturated carbocycles. The second-order valence-corrected chi connectivity index (χ2v) is 8.73. The van der Waals surface area contributed by atoms with E-state index in [0.717, 1.165) is 0 Å². The van der Waals surface area contributed by atoms with Crippen LogP contribution in [0.5, 0.6) is 0 Å². The Morgan fingerprint density at radius 3 is 2.67 bits per heavy atom. The fraction of sp³-hybridized carbons (Fsp3) is 0.462. The molecule has 0 bridgehead atoms. The van der Waals surface area contributed by atoms with Crippen molar-refractivity contribution in [2.75, 3.05) is 13.2 Å². The number of nitrogens with one attached hydrogen (secondary N) is 1. The molecule has 1 aromatic rings. The minimum atomic E-state index is -3.92. The van der Waals surface area contributed by atoms with Crippen LogP contribution in [0.1, 0.15) is 29.3 Å². The number of benzene rings is 1. The van der Waals surface area contributed by atoms with Gasteiger partial charge in [-0.05, 0) is 38.0 Å². The summed E-state index contributed by atoms with van der Waals surface area (Å²) in [5.74, 6) is -0.356. The molecule has 1 aliphatic heterocycles. The highest BCUT2D eigenvalue weighted by atomic mass is 79.9. The summed E-state index contributed by atoms with van der Waals surface area (Å²) in [6.45, 7) is 4.54. The maximum Gasteiger partial charge on any atom is 0.261 e. The minimum absolute atomic E-state index is 0.0727. The maximum atomic E-state index is 12.3. The van der Waals surface area contributed by atoms with Crippen molar-refractivity contribution in [3.63, 3.8) is 0 Å². The van der Waals surface area contributed by atoms with E-state index < -0.39 is 14.6 Å². The molecule has 0 aromatic heterocycles. The Morgan fingerprint density at radius 2 is 2.14 bits per heavy atom. The average molecular weight is 397 g/mol. The van der Waals surface area contributed by atoms with Crippen LogP contribution in [0.25, 0.3) is 0 Å². The molecule has 0 aliphatic carbocycles. The fourth-order valence-electron chi connectivity index (χ4n) is 2.15. The van der Waals surface area contributed by atoms with Gasteiger partial charge in [0.1, 0.15) is 0 Å². The highest BCUT2D eigenvalue weighted by Gasteiger charge is 2.32. The van der Waals surface area contributed by atoms with Crippen LogP contribution in [0.4, 0.5) is 0 Å². The van der Waals surface area contributed by atoms with Crippen molar-refractivity contribution in [1.82, 2.24) is 5.32 Å². The number of hydrogen-bond donors (Lipinski definition) is 1. The molecule has 8 heteroatoms. The lowest BCUT2D eigenvalue weighted by Crippen LogP contribution is -2.46. The molecule has 1 atom stereocenters. The molecule has 0 spiro atoms. The normalized spacial score (nSPS) is 22.3. The van der Waals surface area contributed by atoms with E-state index in [1.807, 2.05) is 6.92 Å². The molecule has 1 aromatic carbocycles. The van der Waals surface area contributed by atoms with Gasteiger partial charge in [-0.1, -0.05) is 15.9 Å². The minimum Gasteiger partial charge on any atom is -0.379 e. The number of carbonyl (C=O) groups excluding carboxylic acids is 1. The molecule has 2 rings (SSSR count). The molecule has 116 valence electrons. The van der Waals surface area contributed by atoms with Gasteiger partial charge in [-0.15, -0.1) is 0 Å². The molecular formula is C13H15BrClNO4S. The molecule has 1 N–H and O–H groups in total. The summed E-state index contributed by atoms with van der Waals surface area (Å²) in [6, 6.07) is 2.87. The van der Waals surface area contributed by atoms with Crippen molar-refractivity contribution in [2.45, 2.75) is 30.7 Å². The number of rotatable bonds is 3. The molecular weight excluding hydrogens is 382 g/mol. The number of carbonyl (C=O) groups is 1. The number of halogens is 2. The van der Waals surface area contributed by atoms with Crippen molar-refractivity contribution in [3.05, 3.63) is 27.7 Å². The molecule has 21 heavy (non-hydrogen) atoms. The van der Waals surface area contributed by atoms with Gasteiger partial charge >= 0.3 is 0 Å². The van der Waals surface area contributed by atoms with Crippen LogP contribution < -0.4 is 5.32 Å². The van der Waals surface area contributed by atoms with Gasteiger partial charge < -0.3 is 10.1 Å². The topological polar surface area (TPSA) is 72.5 Å². The van der Waals surface area contributed by atoms with Gasteiger partial charge in [0.15, 0.2) is 0 Å². The summed E-state index contributed by atoms with van der Waals surface area (Å²) in [7, 11) is 1.49. The predicted octanol–water partition coefficient (Wildman–Crippen LogP) is 2.59. The van der Waals surface area contributed by atoms with Gasteiger partial charge in [0.25, 0.3) is 15.0 Å². The zero-order chi connectivity index (χ0) is 15.8. The summed E-state index contributed by atoms with van der Waals surface area (Å²) in [6.07, 6.45) is 0.715. The van der Waals surface area contributed by atoms with Crippen molar-refractivity contribution >= 4 is 41.6 Å². The molecule has 1 aliphatic rings. The van der Waals surface area contributed by atoms with E-state index in [9.17, 15) is 13.2 Å². The molecule has 1 unspecified atom stereocenters. The van der Waals surface area contributed by atoms with Gasteiger partial charge in [0.2, 0.25) is 0 Å². The fourth-order valence-corrected chi connectivity index (χ4v) is 3.97. The van der Waals surface area contributed by atoms with E-state index in [4.69, 9.17) is 15.4 Å². The summed E-state index contributed by atoms with van der Waals surface area (Å²) < 4.78 is 29.0. The van der Waals surface area contributed by atoms with Gasteiger partial charge in [0, 0.05) is 27.3 Å². The summed E-state index contributed by atoms with van der Waals surface area (Å²) in [4.78, 5) is 12.3. The molecule has 1 fully saturated rings. The first-order valence-electron chi connectivity index (χ1n) is 6.27. The maximum absolute atomic E-state index is 12.3. The van der Waals surface area contributed by atoms with Gasteiger partial charge in [-0.2, -0.15) is 0 Å². The second kappa shape index (κ2) is 5.87. The quantitative estimate of drug-likeness (QED) is 0.797. The van der Waals surface area contributed by atoms with E-state index in [1.54, 1.807) is 13.0 Å². The lowest BCUT2D eigenvalue weighted by atomic mass is 10.0. The van der Waals surface area contributed by atoms with Crippen LogP contribution in [0.3, 0.4) is 0 Å². The Bertz CT molecular complexity index is 684. The molecule has 0 radical (unpaired) electrons. The largest absolute Gasteiger partial charge is 0.379 e. The Morgan fingerprint density at radius 1 is 1.48 bits per heavy atom. The second-order valence-electron chi connectivity index (χ2n) is 5.34. The van der Waals surface area contributed by atoms with Crippen LogP contribution in [-0.4, -0.2) is 33.1 Å². The van der Waals surface area contributed by atoms with Gasteiger partial charge in [-0.3, -0.25) is 4.79 Å². The summed E-state index contributed by atoms with van der Waals surface area (Å²) in [5, 5.41) is 2.87. The van der Waals surface area contributed by atoms with E-state index in [2.05, 4.69) is 21.2 Å². The van der Waals surface area contributed by atoms with Crippen LogP contribution in [0.15, 0.2) is 21.5 Å². The predicted molar refractivity (Wildman–Crippen MR) is 83.2 cm³/mol. The first kappa shape index (κ1) is 16.7.